The summed E-state index contributed by atoms with van der Waals surface area (Å²) < 4.78 is 5.16. The summed E-state index contributed by atoms with van der Waals surface area (Å²) in [6.07, 6.45) is 1.09. The SMILES string of the molecule is COCC1CCN(CC(=O)Nc2ccc(C(N)=S)cc2)C1. The predicted octanol–water partition coefficient (Wildman–Crippen LogP) is 1.23. The number of ether oxygens (including phenoxy) is 1. The molecule has 0 spiro atoms. The quantitative estimate of drug-likeness (QED) is 0.774. The van der Waals surface area contributed by atoms with Crippen molar-refractivity contribution in [1.82, 2.24) is 4.90 Å². The first-order valence-corrected chi connectivity index (χ1v) is 7.40. The van der Waals surface area contributed by atoms with Gasteiger partial charge in [0.2, 0.25) is 5.91 Å². The molecule has 0 radical (unpaired) electrons. The third-order valence-electron chi connectivity index (χ3n) is 3.59. The van der Waals surface area contributed by atoms with E-state index < -0.39 is 0 Å². The summed E-state index contributed by atoms with van der Waals surface area (Å²) in [4.78, 5) is 14.5. The zero-order valence-electron chi connectivity index (χ0n) is 12.2. The van der Waals surface area contributed by atoms with Gasteiger partial charge in [0.1, 0.15) is 4.99 Å². The molecule has 0 aromatic heterocycles. The molecule has 1 aliphatic heterocycles. The molecular formula is C15H21N3O2S. The zero-order chi connectivity index (χ0) is 15.2. The van der Waals surface area contributed by atoms with Crippen LogP contribution in [0.2, 0.25) is 0 Å². The maximum atomic E-state index is 12.0. The number of nitrogens with one attached hydrogen (secondary N) is 1. The maximum Gasteiger partial charge on any atom is 0.238 e. The number of hydrogen-bond donors (Lipinski definition) is 2. The molecule has 0 aliphatic carbocycles. The van der Waals surface area contributed by atoms with Crippen molar-refractivity contribution in [1.29, 1.82) is 0 Å². The number of thiocarbonyl (C=S) groups is 1. The van der Waals surface area contributed by atoms with Crippen LogP contribution in [0.4, 0.5) is 5.69 Å². The molecule has 0 saturated carbocycles. The lowest BCUT2D eigenvalue weighted by Crippen LogP contribution is -2.32. The van der Waals surface area contributed by atoms with E-state index in [0.29, 0.717) is 17.5 Å². The van der Waals surface area contributed by atoms with Gasteiger partial charge in [0.05, 0.1) is 13.2 Å². The summed E-state index contributed by atoms with van der Waals surface area (Å²) in [5.41, 5.74) is 7.09. The number of hydrogen-bond acceptors (Lipinski definition) is 4. The van der Waals surface area contributed by atoms with Crippen LogP contribution in [0.15, 0.2) is 24.3 Å². The van der Waals surface area contributed by atoms with Crippen LogP contribution >= 0.6 is 12.2 Å². The highest BCUT2D eigenvalue weighted by atomic mass is 32.1. The minimum atomic E-state index is -0.00357. The molecular weight excluding hydrogens is 286 g/mol. The Morgan fingerprint density at radius 1 is 1.48 bits per heavy atom. The van der Waals surface area contributed by atoms with Gasteiger partial charge in [-0.3, -0.25) is 9.69 Å². The molecule has 5 nitrogen and oxygen atoms in total. The first-order chi connectivity index (χ1) is 10.1. The van der Waals surface area contributed by atoms with E-state index in [2.05, 4.69) is 10.2 Å². The Morgan fingerprint density at radius 2 is 2.19 bits per heavy atom. The summed E-state index contributed by atoms with van der Waals surface area (Å²) in [5.74, 6) is 0.531. The Hall–Kier alpha value is -1.50. The van der Waals surface area contributed by atoms with E-state index in [4.69, 9.17) is 22.7 Å². The van der Waals surface area contributed by atoms with Gasteiger partial charge in [-0.2, -0.15) is 0 Å². The van der Waals surface area contributed by atoms with Crippen LogP contribution in [0.5, 0.6) is 0 Å². The van der Waals surface area contributed by atoms with Crippen molar-refractivity contribution in [2.45, 2.75) is 6.42 Å². The smallest absolute Gasteiger partial charge is 0.238 e. The van der Waals surface area contributed by atoms with Gasteiger partial charge >= 0.3 is 0 Å². The predicted molar refractivity (Wildman–Crippen MR) is 87.4 cm³/mol. The molecule has 1 fully saturated rings. The largest absolute Gasteiger partial charge is 0.389 e. The molecule has 114 valence electrons. The fourth-order valence-corrected chi connectivity index (χ4v) is 2.69. The molecule has 1 saturated heterocycles. The van der Waals surface area contributed by atoms with Crippen LogP contribution < -0.4 is 11.1 Å². The standard InChI is InChI=1S/C15H21N3O2S/c1-20-10-11-6-7-18(8-11)9-14(19)17-13-4-2-12(3-5-13)15(16)21/h2-5,11H,6-10H2,1H3,(H2,16,21)(H,17,19). The average molecular weight is 307 g/mol. The fourth-order valence-electron chi connectivity index (χ4n) is 2.55. The summed E-state index contributed by atoms with van der Waals surface area (Å²) >= 11 is 4.89. The summed E-state index contributed by atoms with van der Waals surface area (Å²) in [7, 11) is 1.71. The number of carbonyl (C=O) groups excluding carboxylic acids is 1. The highest BCUT2D eigenvalue weighted by Crippen LogP contribution is 2.16. The van der Waals surface area contributed by atoms with Crippen molar-refractivity contribution in [2.24, 2.45) is 11.7 Å². The molecule has 2 rings (SSSR count). The third-order valence-corrected chi connectivity index (χ3v) is 3.83. The van der Waals surface area contributed by atoms with Crippen LogP contribution in [-0.2, 0) is 9.53 Å². The monoisotopic (exact) mass is 307 g/mol. The van der Waals surface area contributed by atoms with Gasteiger partial charge in [0.15, 0.2) is 0 Å². The summed E-state index contributed by atoms with van der Waals surface area (Å²) in [6.45, 7) is 3.04. The van der Waals surface area contributed by atoms with Gasteiger partial charge in [-0.1, -0.05) is 12.2 Å². The van der Waals surface area contributed by atoms with E-state index in [0.717, 1.165) is 37.4 Å². The van der Waals surface area contributed by atoms with Gasteiger partial charge in [-0.25, -0.2) is 0 Å². The topological polar surface area (TPSA) is 67.6 Å². The van der Waals surface area contributed by atoms with E-state index in [9.17, 15) is 4.79 Å². The molecule has 1 aliphatic rings. The normalized spacial score (nSPS) is 18.6. The zero-order valence-corrected chi connectivity index (χ0v) is 13.0. The number of rotatable bonds is 6. The van der Waals surface area contributed by atoms with Crippen molar-refractivity contribution >= 4 is 28.8 Å². The number of likely N-dealkylation sites (tertiary alicyclic amines) is 1. The number of amides is 1. The first-order valence-electron chi connectivity index (χ1n) is 6.99. The van der Waals surface area contributed by atoms with Gasteiger partial charge < -0.3 is 15.8 Å². The third kappa shape index (κ3) is 4.77. The van der Waals surface area contributed by atoms with Gasteiger partial charge in [0.25, 0.3) is 0 Å². The number of nitrogens with two attached hydrogens (primary N) is 1. The Bertz CT molecular complexity index is 504. The van der Waals surface area contributed by atoms with Crippen LogP contribution in [0.25, 0.3) is 0 Å². The number of benzene rings is 1. The second kappa shape index (κ2) is 7.49. The van der Waals surface area contributed by atoms with Gasteiger partial charge in [-0.05, 0) is 43.1 Å². The molecule has 1 aromatic rings. The van der Waals surface area contributed by atoms with Crippen LogP contribution in [0.3, 0.4) is 0 Å². The lowest BCUT2D eigenvalue weighted by Gasteiger charge is -2.15. The second-order valence-corrected chi connectivity index (χ2v) is 5.77. The van der Waals surface area contributed by atoms with E-state index in [-0.39, 0.29) is 5.91 Å². The molecule has 1 unspecified atom stereocenters. The lowest BCUT2D eigenvalue weighted by atomic mass is 10.1. The van der Waals surface area contributed by atoms with Crippen molar-refractivity contribution < 1.29 is 9.53 Å². The van der Waals surface area contributed by atoms with Crippen LogP contribution in [0, 0.1) is 5.92 Å². The minimum Gasteiger partial charge on any atom is -0.389 e. The first kappa shape index (κ1) is 15.9. The molecule has 3 N–H and O–H groups in total. The summed E-state index contributed by atoms with van der Waals surface area (Å²) in [6, 6.07) is 7.24. The van der Waals surface area contributed by atoms with Crippen LogP contribution in [0.1, 0.15) is 12.0 Å². The van der Waals surface area contributed by atoms with Crippen molar-refractivity contribution in [3.63, 3.8) is 0 Å². The van der Waals surface area contributed by atoms with Crippen LogP contribution in [-0.4, -0.2) is 49.1 Å². The van der Waals surface area contributed by atoms with E-state index in [1.807, 2.05) is 24.3 Å². The highest BCUT2D eigenvalue weighted by molar-refractivity contribution is 7.80. The molecule has 1 aromatic carbocycles. The number of methoxy groups -OCH3 is 1. The molecule has 1 amide bonds. The Kier molecular flexibility index (Phi) is 5.67. The van der Waals surface area contributed by atoms with Gasteiger partial charge in [-0.15, -0.1) is 0 Å². The van der Waals surface area contributed by atoms with Crippen molar-refractivity contribution in [3.05, 3.63) is 29.8 Å². The van der Waals surface area contributed by atoms with E-state index in [1.54, 1.807) is 7.11 Å². The Morgan fingerprint density at radius 3 is 2.81 bits per heavy atom. The van der Waals surface area contributed by atoms with E-state index >= 15 is 0 Å². The Balaban J connectivity index is 1.80. The lowest BCUT2D eigenvalue weighted by molar-refractivity contribution is -0.117. The van der Waals surface area contributed by atoms with Gasteiger partial charge in [0, 0.05) is 24.9 Å². The fraction of sp³-hybridized carbons (Fsp3) is 0.467. The molecule has 1 atom stereocenters. The average Bonchev–Trinajstić information content (AvgIpc) is 2.87. The molecule has 21 heavy (non-hydrogen) atoms. The maximum absolute atomic E-state index is 12.0. The molecule has 0 bridgehead atoms. The number of nitrogens with zero attached hydrogens (tertiary/aromatic N) is 1. The molecule has 1 heterocycles. The van der Waals surface area contributed by atoms with Crippen molar-refractivity contribution in [2.75, 3.05) is 38.7 Å². The summed E-state index contributed by atoms with van der Waals surface area (Å²) in [5, 5.41) is 2.89. The van der Waals surface area contributed by atoms with E-state index in [1.165, 1.54) is 0 Å². The highest BCUT2D eigenvalue weighted by Gasteiger charge is 2.23. The minimum absolute atomic E-state index is 0.00357. The second-order valence-electron chi connectivity index (χ2n) is 5.33. The molecule has 6 heteroatoms. The van der Waals surface area contributed by atoms with Crippen molar-refractivity contribution in [3.8, 4) is 0 Å². The Labute approximate surface area is 130 Å². The number of anilines is 1. The number of carbonyl (C=O) groups is 1.